The van der Waals surface area contributed by atoms with E-state index in [0.717, 1.165) is 81.1 Å². The number of aromatic nitrogens is 2. The number of imidazole rings is 1. The molecule has 3 heterocycles. The topological polar surface area (TPSA) is 50.6 Å². The van der Waals surface area contributed by atoms with E-state index in [1.165, 1.54) is 5.52 Å². The zero-order valence-corrected chi connectivity index (χ0v) is 18.2. The van der Waals surface area contributed by atoms with Crippen LogP contribution in [0.3, 0.4) is 0 Å². The molecule has 1 aromatic heterocycles. The smallest absolute Gasteiger partial charge is 0.253 e. The molecule has 0 N–H and O–H groups in total. The molecule has 2 fully saturated rings. The molecule has 0 atom stereocenters. The Hall–Kier alpha value is -2.86. The number of ether oxygens (including phenoxy) is 1. The number of hydrogen-bond acceptors (Lipinski definition) is 4. The normalized spacial score (nSPS) is 18.0. The van der Waals surface area contributed by atoms with Crippen LogP contribution in [0.2, 0.25) is 0 Å². The van der Waals surface area contributed by atoms with Crippen molar-refractivity contribution in [3.05, 3.63) is 59.9 Å². The molecule has 2 saturated heterocycles. The second-order valence-corrected chi connectivity index (χ2v) is 8.70. The highest BCUT2D eigenvalue weighted by atomic mass is 16.5. The van der Waals surface area contributed by atoms with Crippen molar-refractivity contribution in [3.8, 4) is 5.75 Å². The van der Waals surface area contributed by atoms with Crippen molar-refractivity contribution < 1.29 is 9.53 Å². The van der Waals surface area contributed by atoms with Crippen molar-refractivity contribution in [2.24, 2.45) is 7.05 Å². The summed E-state index contributed by atoms with van der Waals surface area (Å²) in [6.07, 6.45) is 4.36. The molecule has 0 unspecified atom stereocenters. The second kappa shape index (κ2) is 8.71. The molecule has 3 aromatic rings. The Morgan fingerprint density at radius 2 is 1.81 bits per heavy atom. The summed E-state index contributed by atoms with van der Waals surface area (Å²) in [6, 6.07) is 16.0. The summed E-state index contributed by atoms with van der Waals surface area (Å²) in [5.41, 5.74) is 2.97. The first kappa shape index (κ1) is 20.1. The van der Waals surface area contributed by atoms with Gasteiger partial charge in [0, 0.05) is 38.8 Å². The first-order valence-corrected chi connectivity index (χ1v) is 11.4. The monoisotopic (exact) mass is 418 g/mol. The molecule has 6 nitrogen and oxygen atoms in total. The fraction of sp³-hybridized carbons (Fsp3) is 0.440. The highest BCUT2D eigenvalue weighted by Gasteiger charge is 2.23. The Morgan fingerprint density at radius 3 is 2.58 bits per heavy atom. The van der Waals surface area contributed by atoms with Crippen LogP contribution in [-0.2, 0) is 13.6 Å². The van der Waals surface area contributed by atoms with Gasteiger partial charge in [-0.3, -0.25) is 9.69 Å². The van der Waals surface area contributed by atoms with Crippen LogP contribution >= 0.6 is 0 Å². The molecule has 0 radical (unpaired) electrons. The molecule has 1 amide bonds. The van der Waals surface area contributed by atoms with Crippen LogP contribution in [0.4, 0.5) is 0 Å². The molecule has 0 saturated carbocycles. The van der Waals surface area contributed by atoms with Crippen molar-refractivity contribution in [1.82, 2.24) is 19.4 Å². The number of likely N-dealkylation sites (tertiary alicyclic amines) is 2. The van der Waals surface area contributed by atoms with Gasteiger partial charge in [0.2, 0.25) is 0 Å². The third kappa shape index (κ3) is 4.30. The highest BCUT2D eigenvalue weighted by Crippen LogP contribution is 2.23. The first-order valence-electron chi connectivity index (χ1n) is 11.4. The lowest BCUT2D eigenvalue weighted by molar-refractivity contribution is 0.0789. The van der Waals surface area contributed by atoms with Crippen molar-refractivity contribution in [2.45, 2.75) is 38.3 Å². The van der Waals surface area contributed by atoms with Crippen LogP contribution in [0.1, 0.15) is 41.9 Å². The molecule has 6 heteroatoms. The van der Waals surface area contributed by atoms with Gasteiger partial charge in [0.15, 0.2) is 0 Å². The molecule has 2 aliphatic heterocycles. The third-order valence-corrected chi connectivity index (χ3v) is 6.56. The second-order valence-electron chi connectivity index (χ2n) is 8.70. The summed E-state index contributed by atoms with van der Waals surface area (Å²) in [4.78, 5) is 21.9. The fourth-order valence-electron chi connectivity index (χ4n) is 4.72. The van der Waals surface area contributed by atoms with Gasteiger partial charge in [-0.15, -0.1) is 0 Å². The lowest BCUT2D eigenvalue weighted by Gasteiger charge is -2.32. The maximum Gasteiger partial charge on any atom is 0.253 e. The standard InChI is InChI=1S/C25H30N4O2/c1-27-23-10-3-2-9-22(23)26-24(27)18-28-15-11-20(12-16-28)31-21-8-6-7-19(17-21)25(30)29-13-4-5-14-29/h2-3,6-10,17,20H,4-5,11-16,18H2,1H3. The number of hydrogen-bond donors (Lipinski definition) is 0. The summed E-state index contributed by atoms with van der Waals surface area (Å²) in [7, 11) is 2.09. The number of fused-ring (bicyclic) bond motifs is 1. The predicted molar refractivity (Wildman–Crippen MR) is 121 cm³/mol. The number of nitrogens with zero attached hydrogens (tertiary/aromatic N) is 4. The van der Waals surface area contributed by atoms with E-state index in [1.807, 2.05) is 35.2 Å². The SMILES string of the molecule is Cn1c(CN2CCC(Oc3cccc(C(=O)N4CCCC4)c3)CC2)nc2ccccc21. The molecule has 31 heavy (non-hydrogen) atoms. The van der Waals surface area contributed by atoms with E-state index in [-0.39, 0.29) is 12.0 Å². The maximum absolute atomic E-state index is 12.7. The van der Waals surface area contributed by atoms with Crippen molar-refractivity contribution in [2.75, 3.05) is 26.2 Å². The number of amides is 1. The fourth-order valence-corrected chi connectivity index (χ4v) is 4.72. The lowest BCUT2D eigenvalue weighted by atomic mass is 10.1. The third-order valence-electron chi connectivity index (χ3n) is 6.56. The number of para-hydroxylation sites is 2. The van der Waals surface area contributed by atoms with Crippen LogP contribution in [-0.4, -0.2) is 57.5 Å². The van der Waals surface area contributed by atoms with Crippen LogP contribution in [0.15, 0.2) is 48.5 Å². The minimum Gasteiger partial charge on any atom is -0.490 e. The number of rotatable bonds is 5. The van der Waals surface area contributed by atoms with Crippen LogP contribution in [0.5, 0.6) is 5.75 Å². The van der Waals surface area contributed by atoms with E-state index >= 15 is 0 Å². The number of aryl methyl sites for hydroxylation is 1. The molecule has 0 aliphatic carbocycles. The van der Waals surface area contributed by atoms with Crippen molar-refractivity contribution in [1.29, 1.82) is 0 Å². The Bertz CT molecular complexity index is 1060. The summed E-state index contributed by atoms with van der Waals surface area (Å²) in [5, 5.41) is 0. The van der Waals surface area contributed by atoms with Crippen LogP contribution < -0.4 is 4.74 Å². The average molecular weight is 419 g/mol. The maximum atomic E-state index is 12.7. The summed E-state index contributed by atoms with van der Waals surface area (Å²) < 4.78 is 8.46. The Kier molecular flexibility index (Phi) is 5.64. The van der Waals surface area contributed by atoms with Crippen LogP contribution in [0, 0.1) is 0 Å². The highest BCUT2D eigenvalue weighted by molar-refractivity contribution is 5.94. The van der Waals surface area contributed by atoms with Gasteiger partial charge in [0.05, 0.1) is 17.6 Å². The molecule has 2 aliphatic rings. The summed E-state index contributed by atoms with van der Waals surface area (Å²) >= 11 is 0. The van der Waals surface area contributed by atoms with Crippen LogP contribution in [0.25, 0.3) is 11.0 Å². The molecule has 0 bridgehead atoms. The van der Waals surface area contributed by atoms with E-state index in [4.69, 9.17) is 9.72 Å². The van der Waals surface area contributed by atoms with Gasteiger partial charge in [0.1, 0.15) is 17.7 Å². The van der Waals surface area contributed by atoms with E-state index < -0.39 is 0 Å². The number of benzene rings is 2. The van der Waals surface area contributed by atoms with Crippen molar-refractivity contribution >= 4 is 16.9 Å². The van der Waals surface area contributed by atoms with Gasteiger partial charge in [0.25, 0.3) is 5.91 Å². The Morgan fingerprint density at radius 1 is 1.03 bits per heavy atom. The van der Waals surface area contributed by atoms with Crippen molar-refractivity contribution in [3.63, 3.8) is 0 Å². The molecule has 2 aromatic carbocycles. The van der Waals surface area contributed by atoms with Gasteiger partial charge < -0.3 is 14.2 Å². The van der Waals surface area contributed by atoms with Gasteiger partial charge in [-0.05, 0) is 56.0 Å². The zero-order valence-electron chi connectivity index (χ0n) is 18.2. The number of carbonyl (C=O) groups is 1. The van der Waals surface area contributed by atoms with E-state index in [0.29, 0.717) is 0 Å². The quantitative estimate of drug-likeness (QED) is 0.632. The van der Waals surface area contributed by atoms with E-state index in [9.17, 15) is 4.79 Å². The summed E-state index contributed by atoms with van der Waals surface area (Å²) in [5.74, 6) is 2.03. The van der Waals surface area contributed by atoms with Gasteiger partial charge in [-0.2, -0.15) is 0 Å². The first-order chi connectivity index (χ1) is 15.2. The Labute approximate surface area is 183 Å². The molecule has 162 valence electrons. The molecule has 0 spiro atoms. The van der Waals surface area contributed by atoms with Gasteiger partial charge in [-0.25, -0.2) is 4.98 Å². The summed E-state index contributed by atoms with van der Waals surface area (Å²) in [6.45, 7) is 4.57. The lowest BCUT2D eigenvalue weighted by Crippen LogP contribution is -2.38. The molecule has 5 rings (SSSR count). The Balaban J connectivity index is 1.17. The number of carbonyl (C=O) groups excluding carboxylic acids is 1. The number of piperidine rings is 1. The van der Waals surface area contributed by atoms with E-state index in [2.05, 4.69) is 34.7 Å². The van der Waals surface area contributed by atoms with E-state index in [1.54, 1.807) is 0 Å². The average Bonchev–Trinajstić information content (AvgIpc) is 3.44. The minimum atomic E-state index is 0.125. The molecular weight excluding hydrogens is 388 g/mol. The van der Waals surface area contributed by atoms with Gasteiger partial charge >= 0.3 is 0 Å². The minimum absolute atomic E-state index is 0.125. The largest absolute Gasteiger partial charge is 0.490 e. The molecular formula is C25H30N4O2. The predicted octanol–water partition coefficient (Wildman–Crippen LogP) is 3.85. The zero-order chi connectivity index (χ0) is 21.2. The van der Waals surface area contributed by atoms with Gasteiger partial charge in [-0.1, -0.05) is 18.2 Å².